The van der Waals surface area contributed by atoms with E-state index < -0.39 is 0 Å². The van der Waals surface area contributed by atoms with Gasteiger partial charge in [0.1, 0.15) is 5.75 Å². The summed E-state index contributed by atoms with van der Waals surface area (Å²) in [6, 6.07) is 18.1. The zero-order chi connectivity index (χ0) is 19.3. The van der Waals surface area contributed by atoms with Crippen molar-refractivity contribution in [1.29, 1.82) is 0 Å². The monoisotopic (exact) mass is 393 g/mol. The number of methoxy groups -OCH3 is 1. The first kappa shape index (κ1) is 18.7. The van der Waals surface area contributed by atoms with E-state index in [2.05, 4.69) is 39.5 Å². The van der Waals surface area contributed by atoms with E-state index in [-0.39, 0.29) is 5.91 Å². The number of ether oxygens (including phenoxy) is 1. The van der Waals surface area contributed by atoms with Crippen LogP contribution in [0.15, 0.2) is 54.6 Å². The van der Waals surface area contributed by atoms with Gasteiger partial charge in [-0.05, 0) is 23.3 Å². The molecule has 3 aromatic rings. The summed E-state index contributed by atoms with van der Waals surface area (Å²) in [4.78, 5) is 20.7. The molecule has 0 unspecified atom stereocenters. The summed E-state index contributed by atoms with van der Waals surface area (Å²) in [6.45, 7) is 2.81. The van der Waals surface area contributed by atoms with Crippen LogP contribution in [0.3, 0.4) is 0 Å². The summed E-state index contributed by atoms with van der Waals surface area (Å²) >= 11 is 1.59. The molecule has 28 heavy (non-hydrogen) atoms. The fourth-order valence-corrected chi connectivity index (χ4v) is 4.48. The van der Waals surface area contributed by atoms with Gasteiger partial charge in [-0.1, -0.05) is 42.5 Å². The van der Waals surface area contributed by atoms with Gasteiger partial charge in [0.15, 0.2) is 5.13 Å². The zero-order valence-corrected chi connectivity index (χ0v) is 16.7. The molecule has 0 spiro atoms. The first-order valence-electron chi connectivity index (χ1n) is 9.37. The number of rotatable bonds is 6. The van der Waals surface area contributed by atoms with Crippen molar-refractivity contribution in [3.63, 3.8) is 0 Å². The molecule has 5 nitrogen and oxygen atoms in total. The lowest BCUT2D eigenvalue weighted by Crippen LogP contribution is -2.29. The fraction of sp³-hybridized carbons (Fsp3) is 0.273. The number of amides is 1. The van der Waals surface area contributed by atoms with Gasteiger partial charge in [-0.3, -0.25) is 9.69 Å². The normalized spacial score (nSPS) is 13.8. The second-order valence-electron chi connectivity index (χ2n) is 6.91. The average molecular weight is 394 g/mol. The van der Waals surface area contributed by atoms with Gasteiger partial charge in [0, 0.05) is 30.9 Å². The maximum absolute atomic E-state index is 12.4. The van der Waals surface area contributed by atoms with Gasteiger partial charge in [0.25, 0.3) is 0 Å². The number of hydrogen-bond acceptors (Lipinski definition) is 5. The molecule has 1 N–H and O–H groups in total. The molecule has 0 atom stereocenters. The SMILES string of the molecule is COc1cccc(CC(=O)Nc2nc3c(s2)CN(Cc2ccccc2)CC3)c1. The molecule has 0 aliphatic carbocycles. The molecule has 2 aromatic carbocycles. The van der Waals surface area contributed by atoms with E-state index in [9.17, 15) is 4.79 Å². The lowest BCUT2D eigenvalue weighted by molar-refractivity contribution is -0.115. The number of thiazole rings is 1. The minimum Gasteiger partial charge on any atom is -0.497 e. The van der Waals surface area contributed by atoms with Crippen LogP contribution >= 0.6 is 11.3 Å². The number of nitrogens with one attached hydrogen (secondary N) is 1. The Balaban J connectivity index is 1.36. The van der Waals surface area contributed by atoms with Crippen molar-refractivity contribution in [3.05, 3.63) is 76.3 Å². The number of aromatic nitrogens is 1. The number of hydrogen-bond donors (Lipinski definition) is 1. The van der Waals surface area contributed by atoms with Crippen LogP contribution in [0.5, 0.6) is 5.75 Å². The van der Waals surface area contributed by atoms with Crippen molar-refractivity contribution in [1.82, 2.24) is 9.88 Å². The third-order valence-electron chi connectivity index (χ3n) is 4.80. The Morgan fingerprint density at radius 1 is 1.18 bits per heavy atom. The quantitative estimate of drug-likeness (QED) is 0.690. The topological polar surface area (TPSA) is 54.5 Å². The Morgan fingerprint density at radius 2 is 2.00 bits per heavy atom. The van der Waals surface area contributed by atoms with Crippen molar-refractivity contribution >= 4 is 22.4 Å². The van der Waals surface area contributed by atoms with E-state index in [1.807, 2.05) is 30.3 Å². The highest BCUT2D eigenvalue weighted by Crippen LogP contribution is 2.29. The highest BCUT2D eigenvalue weighted by atomic mass is 32.1. The molecule has 0 bridgehead atoms. The Bertz CT molecular complexity index is 955. The summed E-state index contributed by atoms with van der Waals surface area (Å²) < 4.78 is 5.22. The first-order chi connectivity index (χ1) is 13.7. The molecule has 1 aromatic heterocycles. The number of fused-ring (bicyclic) bond motifs is 1. The standard InChI is InChI=1S/C22H23N3O2S/c1-27-18-9-5-8-17(12-18)13-21(26)24-22-23-19-10-11-25(15-20(19)28-22)14-16-6-3-2-4-7-16/h2-9,12H,10-11,13-15H2,1H3,(H,23,24,26). The fourth-order valence-electron chi connectivity index (χ4n) is 3.41. The number of carbonyl (C=O) groups is 1. The minimum absolute atomic E-state index is 0.0551. The summed E-state index contributed by atoms with van der Waals surface area (Å²) in [7, 11) is 1.63. The molecule has 0 saturated heterocycles. The van der Waals surface area contributed by atoms with Gasteiger partial charge >= 0.3 is 0 Å². The van der Waals surface area contributed by atoms with E-state index in [4.69, 9.17) is 4.74 Å². The Hall–Kier alpha value is -2.70. The smallest absolute Gasteiger partial charge is 0.230 e. The van der Waals surface area contributed by atoms with Gasteiger partial charge in [0.2, 0.25) is 5.91 Å². The van der Waals surface area contributed by atoms with E-state index >= 15 is 0 Å². The molecule has 0 saturated carbocycles. The predicted octanol–water partition coefficient (Wildman–Crippen LogP) is 3.89. The van der Waals surface area contributed by atoms with Gasteiger partial charge in [-0.15, -0.1) is 11.3 Å². The Labute approximate surface area is 169 Å². The molecule has 1 aliphatic heterocycles. The van der Waals surface area contributed by atoms with Crippen molar-refractivity contribution in [2.75, 3.05) is 19.0 Å². The lowest BCUT2D eigenvalue weighted by Gasteiger charge is -2.25. The van der Waals surface area contributed by atoms with E-state index in [1.165, 1.54) is 10.4 Å². The molecular weight excluding hydrogens is 370 g/mol. The molecule has 0 radical (unpaired) electrons. The van der Waals surface area contributed by atoms with Crippen LogP contribution in [0.1, 0.15) is 21.7 Å². The summed E-state index contributed by atoms with van der Waals surface area (Å²) in [6.07, 6.45) is 1.23. The van der Waals surface area contributed by atoms with Crippen molar-refractivity contribution < 1.29 is 9.53 Å². The van der Waals surface area contributed by atoms with Gasteiger partial charge in [0.05, 0.1) is 19.2 Å². The maximum Gasteiger partial charge on any atom is 0.230 e. The number of benzene rings is 2. The van der Waals surface area contributed by atoms with Crippen molar-refractivity contribution in [2.45, 2.75) is 25.9 Å². The van der Waals surface area contributed by atoms with Crippen LogP contribution in [-0.2, 0) is 30.7 Å². The van der Waals surface area contributed by atoms with Crippen molar-refractivity contribution in [3.8, 4) is 5.75 Å². The second-order valence-corrected chi connectivity index (χ2v) is 8.00. The third kappa shape index (κ3) is 4.58. The summed E-state index contributed by atoms with van der Waals surface area (Å²) in [5.74, 6) is 0.703. The highest BCUT2D eigenvalue weighted by molar-refractivity contribution is 7.15. The zero-order valence-electron chi connectivity index (χ0n) is 15.9. The second kappa shape index (κ2) is 8.54. The minimum atomic E-state index is -0.0551. The van der Waals surface area contributed by atoms with Crippen LogP contribution in [0.25, 0.3) is 0 Å². The third-order valence-corrected chi connectivity index (χ3v) is 5.80. The Kier molecular flexibility index (Phi) is 5.69. The molecule has 1 amide bonds. The lowest BCUT2D eigenvalue weighted by atomic mass is 10.1. The van der Waals surface area contributed by atoms with Crippen molar-refractivity contribution in [2.24, 2.45) is 0 Å². The van der Waals surface area contributed by atoms with Crippen LogP contribution < -0.4 is 10.1 Å². The largest absolute Gasteiger partial charge is 0.497 e. The molecule has 2 heterocycles. The molecule has 6 heteroatoms. The highest BCUT2D eigenvalue weighted by Gasteiger charge is 2.21. The van der Waals surface area contributed by atoms with E-state index in [0.717, 1.165) is 43.1 Å². The Morgan fingerprint density at radius 3 is 2.82 bits per heavy atom. The van der Waals surface area contributed by atoms with Gasteiger partial charge < -0.3 is 10.1 Å². The summed E-state index contributed by atoms with van der Waals surface area (Å²) in [5.41, 5.74) is 3.36. The van der Waals surface area contributed by atoms with Crippen LogP contribution in [0.4, 0.5) is 5.13 Å². The van der Waals surface area contributed by atoms with E-state index in [1.54, 1.807) is 18.4 Å². The maximum atomic E-state index is 12.4. The van der Waals surface area contributed by atoms with Gasteiger partial charge in [-0.25, -0.2) is 4.98 Å². The molecular formula is C22H23N3O2S. The number of anilines is 1. The molecule has 1 aliphatic rings. The molecule has 4 rings (SSSR count). The van der Waals surface area contributed by atoms with Crippen LogP contribution in [0, 0.1) is 0 Å². The average Bonchev–Trinajstić information content (AvgIpc) is 3.10. The molecule has 0 fully saturated rings. The van der Waals surface area contributed by atoms with Gasteiger partial charge in [-0.2, -0.15) is 0 Å². The number of nitrogens with zero attached hydrogens (tertiary/aromatic N) is 2. The van der Waals surface area contributed by atoms with E-state index in [0.29, 0.717) is 11.6 Å². The number of carbonyl (C=O) groups excluding carboxylic acids is 1. The first-order valence-corrected chi connectivity index (χ1v) is 10.2. The van der Waals surface area contributed by atoms with Crippen LogP contribution in [0.2, 0.25) is 0 Å². The molecule has 144 valence electrons. The summed E-state index contributed by atoms with van der Waals surface area (Å²) in [5, 5.41) is 3.65. The predicted molar refractivity (Wildman–Crippen MR) is 112 cm³/mol. The van der Waals surface area contributed by atoms with Crippen LogP contribution in [-0.4, -0.2) is 29.4 Å².